The normalized spacial score (nSPS) is 15.5. The van der Waals surface area contributed by atoms with Crippen molar-refractivity contribution in [3.8, 4) is 0 Å². The van der Waals surface area contributed by atoms with E-state index in [-0.39, 0.29) is 27.1 Å². The summed E-state index contributed by atoms with van der Waals surface area (Å²) in [6, 6.07) is 9.01. The zero-order chi connectivity index (χ0) is 23.1. The molecule has 0 unspecified atom stereocenters. The van der Waals surface area contributed by atoms with E-state index in [4.69, 9.17) is 11.6 Å². The van der Waals surface area contributed by atoms with Crippen LogP contribution in [0.2, 0.25) is 5.02 Å². The van der Waals surface area contributed by atoms with Crippen molar-refractivity contribution in [2.45, 2.75) is 18.2 Å². The van der Waals surface area contributed by atoms with E-state index in [1.54, 1.807) is 0 Å². The average molecular weight is 483 g/mol. The Morgan fingerprint density at radius 3 is 2.38 bits per heavy atom. The van der Waals surface area contributed by atoms with Crippen molar-refractivity contribution >= 4 is 33.2 Å². The fourth-order valence-electron chi connectivity index (χ4n) is 3.51. The van der Waals surface area contributed by atoms with Crippen LogP contribution in [0.5, 0.6) is 0 Å². The average Bonchev–Trinajstić information content (AvgIpc) is 2.78. The van der Waals surface area contributed by atoms with Gasteiger partial charge < -0.3 is 15.1 Å². The lowest BCUT2D eigenvalue weighted by Crippen LogP contribution is -2.46. The van der Waals surface area contributed by atoms with Gasteiger partial charge in [0, 0.05) is 44.0 Å². The van der Waals surface area contributed by atoms with Crippen molar-refractivity contribution in [2.24, 2.45) is 0 Å². The van der Waals surface area contributed by atoms with Crippen LogP contribution in [-0.2, 0) is 10.0 Å². The van der Waals surface area contributed by atoms with Gasteiger partial charge in [-0.2, -0.15) is 0 Å². The van der Waals surface area contributed by atoms with Crippen LogP contribution < -0.4 is 10.0 Å². The van der Waals surface area contributed by atoms with E-state index in [2.05, 4.69) is 26.8 Å². The molecule has 0 aromatic heterocycles. The molecule has 10 heteroatoms. The standard InChI is InChI=1S/C22H28ClFN4O3S/c1-2-27-12-14-28(15-13-27)11-3-10-25-22(29)17-4-9-20(23)21(16-17)32(30,31)26-19-7-5-18(24)6-8-19/h4-9,16,26H,2-3,10-15H2,1H3,(H,25,29). The molecule has 0 atom stereocenters. The summed E-state index contributed by atoms with van der Waals surface area (Å²) in [5.41, 5.74) is 0.391. The van der Waals surface area contributed by atoms with Gasteiger partial charge in [-0.05, 0) is 62.0 Å². The molecule has 1 saturated heterocycles. The second-order valence-corrected chi connectivity index (χ2v) is 9.70. The number of hydrogen-bond donors (Lipinski definition) is 2. The molecule has 1 heterocycles. The Hall–Kier alpha value is -2.20. The molecule has 2 aromatic carbocycles. The minimum atomic E-state index is -4.05. The van der Waals surface area contributed by atoms with Crippen LogP contribution in [0.25, 0.3) is 0 Å². The number of benzene rings is 2. The minimum absolute atomic E-state index is 0.0117. The molecule has 1 aliphatic heterocycles. The Balaban J connectivity index is 1.56. The quantitative estimate of drug-likeness (QED) is 0.537. The Morgan fingerprint density at radius 2 is 1.72 bits per heavy atom. The first-order valence-corrected chi connectivity index (χ1v) is 12.5. The Labute approximate surface area is 193 Å². The molecule has 2 aromatic rings. The van der Waals surface area contributed by atoms with Crippen LogP contribution in [0.4, 0.5) is 10.1 Å². The molecule has 0 radical (unpaired) electrons. The summed E-state index contributed by atoms with van der Waals surface area (Å²) in [6.45, 7) is 8.82. The number of amides is 1. The summed E-state index contributed by atoms with van der Waals surface area (Å²) in [4.78, 5) is 17.1. The van der Waals surface area contributed by atoms with Crippen LogP contribution in [0.15, 0.2) is 47.4 Å². The summed E-state index contributed by atoms with van der Waals surface area (Å²) >= 11 is 6.09. The molecule has 32 heavy (non-hydrogen) atoms. The number of likely N-dealkylation sites (N-methyl/N-ethyl adjacent to an activating group) is 1. The molecule has 0 bridgehead atoms. The van der Waals surface area contributed by atoms with E-state index >= 15 is 0 Å². The third kappa shape index (κ3) is 6.65. The van der Waals surface area contributed by atoms with Gasteiger partial charge in [-0.1, -0.05) is 18.5 Å². The maximum absolute atomic E-state index is 13.1. The molecule has 1 amide bonds. The number of carbonyl (C=O) groups is 1. The molecule has 7 nitrogen and oxygen atoms in total. The largest absolute Gasteiger partial charge is 0.352 e. The van der Waals surface area contributed by atoms with Gasteiger partial charge in [-0.3, -0.25) is 9.52 Å². The fourth-order valence-corrected chi connectivity index (χ4v) is 5.10. The maximum atomic E-state index is 13.1. The van der Waals surface area contributed by atoms with Gasteiger partial charge >= 0.3 is 0 Å². The van der Waals surface area contributed by atoms with E-state index in [0.717, 1.165) is 57.8 Å². The van der Waals surface area contributed by atoms with E-state index in [1.165, 1.54) is 30.3 Å². The SMILES string of the molecule is CCN1CCN(CCCNC(=O)c2ccc(Cl)c(S(=O)(=O)Nc3ccc(F)cc3)c2)CC1. The number of rotatable bonds is 9. The number of piperazine rings is 1. The molecule has 0 aliphatic carbocycles. The highest BCUT2D eigenvalue weighted by atomic mass is 35.5. The number of anilines is 1. The topological polar surface area (TPSA) is 81.8 Å². The highest BCUT2D eigenvalue weighted by Crippen LogP contribution is 2.25. The molecule has 3 rings (SSSR count). The highest BCUT2D eigenvalue weighted by molar-refractivity contribution is 7.92. The first kappa shape index (κ1) is 24.4. The summed E-state index contributed by atoms with van der Waals surface area (Å²) < 4.78 is 40.9. The minimum Gasteiger partial charge on any atom is -0.352 e. The number of nitrogens with one attached hydrogen (secondary N) is 2. The third-order valence-corrected chi connectivity index (χ3v) is 7.29. The fraction of sp³-hybridized carbons (Fsp3) is 0.409. The Morgan fingerprint density at radius 1 is 1.06 bits per heavy atom. The number of hydrogen-bond acceptors (Lipinski definition) is 5. The number of sulfonamides is 1. The highest BCUT2D eigenvalue weighted by Gasteiger charge is 2.21. The second-order valence-electron chi connectivity index (χ2n) is 7.64. The maximum Gasteiger partial charge on any atom is 0.263 e. The van der Waals surface area contributed by atoms with Gasteiger partial charge in [0.15, 0.2) is 0 Å². The number of carbonyl (C=O) groups excluding carboxylic acids is 1. The summed E-state index contributed by atoms with van der Waals surface area (Å²) in [7, 11) is -4.05. The number of nitrogens with zero attached hydrogens (tertiary/aromatic N) is 2. The molecule has 174 valence electrons. The molecule has 1 fully saturated rings. The third-order valence-electron chi connectivity index (χ3n) is 5.43. The zero-order valence-corrected chi connectivity index (χ0v) is 19.6. The van der Waals surface area contributed by atoms with Crippen LogP contribution in [-0.4, -0.2) is 69.9 Å². The van der Waals surface area contributed by atoms with Gasteiger partial charge in [0.1, 0.15) is 10.7 Å². The first-order chi connectivity index (χ1) is 15.3. The molecular formula is C22H28ClFN4O3S. The van der Waals surface area contributed by atoms with Gasteiger partial charge in [0.25, 0.3) is 15.9 Å². The Kier molecular flexibility index (Phi) is 8.47. The van der Waals surface area contributed by atoms with Crippen LogP contribution >= 0.6 is 11.6 Å². The monoisotopic (exact) mass is 482 g/mol. The molecule has 2 N–H and O–H groups in total. The van der Waals surface area contributed by atoms with Crippen LogP contribution in [0.1, 0.15) is 23.7 Å². The number of halogens is 2. The molecular weight excluding hydrogens is 455 g/mol. The van der Waals surface area contributed by atoms with Crippen LogP contribution in [0.3, 0.4) is 0 Å². The predicted octanol–water partition coefficient (Wildman–Crippen LogP) is 3.04. The van der Waals surface area contributed by atoms with E-state index in [9.17, 15) is 17.6 Å². The lowest BCUT2D eigenvalue weighted by molar-refractivity contribution is 0.0948. The summed E-state index contributed by atoms with van der Waals surface area (Å²) in [5.74, 6) is -0.844. The smallest absolute Gasteiger partial charge is 0.263 e. The van der Waals surface area contributed by atoms with Crippen molar-refractivity contribution in [3.05, 3.63) is 58.9 Å². The second kappa shape index (κ2) is 11.1. The van der Waals surface area contributed by atoms with Crippen molar-refractivity contribution in [3.63, 3.8) is 0 Å². The lowest BCUT2D eigenvalue weighted by Gasteiger charge is -2.33. The van der Waals surface area contributed by atoms with Crippen molar-refractivity contribution in [1.82, 2.24) is 15.1 Å². The zero-order valence-electron chi connectivity index (χ0n) is 18.0. The van der Waals surface area contributed by atoms with Crippen molar-refractivity contribution < 1.29 is 17.6 Å². The lowest BCUT2D eigenvalue weighted by atomic mass is 10.2. The van der Waals surface area contributed by atoms with Gasteiger partial charge in [0.2, 0.25) is 0 Å². The van der Waals surface area contributed by atoms with Gasteiger partial charge in [-0.15, -0.1) is 0 Å². The Bertz CT molecular complexity index is 1030. The van der Waals surface area contributed by atoms with Crippen molar-refractivity contribution in [1.29, 1.82) is 0 Å². The first-order valence-electron chi connectivity index (χ1n) is 10.6. The molecule has 0 saturated carbocycles. The summed E-state index contributed by atoms with van der Waals surface area (Å²) in [6.07, 6.45) is 0.808. The van der Waals surface area contributed by atoms with E-state index in [0.29, 0.717) is 6.54 Å². The molecule has 1 aliphatic rings. The van der Waals surface area contributed by atoms with E-state index in [1.807, 2.05) is 0 Å². The molecule has 0 spiro atoms. The summed E-state index contributed by atoms with van der Waals surface area (Å²) in [5, 5.41) is 2.82. The van der Waals surface area contributed by atoms with Crippen molar-refractivity contribution in [2.75, 3.05) is 50.5 Å². The van der Waals surface area contributed by atoms with Gasteiger partial charge in [0.05, 0.1) is 5.02 Å². The van der Waals surface area contributed by atoms with Gasteiger partial charge in [-0.25, -0.2) is 12.8 Å². The van der Waals surface area contributed by atoms with Crippen LogP contribution in [0, 0.1) is 5.82 Å². The predicted molar refractivity (Wildman–Crippen MR) is 124 cm³/mol. The van der Waals surface area contributed by atoms with E-state index < -0.39 is 15.8 Å².